The van der Waals surface area contributed by atoms with E-state index in [-0.39, 0.29) is 6.61 Å². The molecule has 15 heavy (non-hydrogen) atoms. The van der Waals surface area contributed by atoms with E-state index in [1.54, 1.807) is 12.3 Å². The molecule has 1 aromatic rings. The van der Waals surface area contributed by atoms with E-state index in [0.29, 0.717) is 29.1 Å². The van der Waals surface area contributed by atoms with Gasteiger partial charge < -0.3 is 15.2 Å². The minimum absolute atomic E-state index is 0.120. The Bertz CT molecular complexity index is 342. The summed E-state index contributed by atoms with van der Waals surface area (Å²) in [5.41, 5.74) is 0.593. The van der Waals surface area contributed by atoms with Gasteiger partial charge in [0.15, 0.2) is 0 Å². The Hall–Kier alpha value is -0.840. The lowest BCUT2D eigenvalue weighted by Gasteiger charge is -2.27. The molecule has 1 fully saturated rings. The number of hydrogen-bond acceptors (Lipinski definition) is 4. The molecule has 82 valence electrons. The van der Waals surface area contributed by atoms with Crippen LogP contribution < -0.4 is 10.1 Å². The Balaban J connectivity index is 1.95. The highest BCUT2D eigenvalue weighted by Gasteiger charge is 2.16. The fourth-order valence-electron chi connectivity index (χ4n) is 1.35. The Morgan fingerprint density at radius 1 is 1.67 bits per heavy atom. The molecule has 1 aliphatic rings. The topological polar surface area (TPSA) is 54.4 Å². The number of pyridine rings is 1. The first-order chi connectivity index (χ1) is 7.29. The van der Waals surface area contributed by atoms with Crippen LogP contribution in [-0.2, 0) is 6.61 Å². The fraction of sp³-hybridized carbons (Fsp3) is 0.500. The number of ether oxygens (including phenoxy) is 1. The first kappa shape index (κ1) is 10.7. The molecule has 2 N–H and O–H groups in total. The van der Waals surface area contributed by atoms with Gasteiger partial charge in [0.1, 0.15) is 17.5 Å². The van der Waals surface area contributed by atoms with Gasteiger partial charge in [0.2, 0.25) is 0 Å². The van der Waals surface area contributed by atoms with Crippen LogP contribution in [0.15, 0.2) is 12.3 Å². The highest BCUT2D eigenvalue weighted by Crippen LogP contribution is 2.19. The maximum absolute atomic E-state index is 8.99. The van der Waals surface area contributed by atoms with Crippen molar-refractivity contribution in [3.05, 3.63) is 23.0 Å². The summed E-state index contributed by atoms with van der Waals surface area (Å²) >= 11 is 5.76. The highest BCUT2D eigenvalue weighted by molar-refractivity contribution is 6.30. The average molecular weight is 229 g/mol. The highest BCUT2D eigenvalue weighted by atomic mass is 35.5. The van der Waals surface area contributed by atoms with Gasteiger partial charge in [-0.3, -0.25) is 0 Å². The fourth-order valence-corrected chi connectivity index (χ4v) is 1.51. The number of halogens is 1. The summed E-state index contributed by atoms with van der Waals surface area (Å²) in [6.45, 7) is 1.58. The molecule has 2 heterocycles. The lowest BCUT2D eigenvalue weighted by molar-refractivity contribution is 0.216. The van der Waals surface area contributed by atoms with Gasteiger partial charge in [0.05, 0.1) is 12.8 Å². The van der Waals surface area contributed by atoms with Gasteiger partial charge in [-0.05, 0) is 19.0 Å². The van der Waals surface area contributed by atoms with Gasteiger partial charge in [-0.2, -0.15) is 0 Å². The van der Waals surface area contributed by atoms with Gasteiger partial charge in [-0.25, -0.2) is 4.98 Å². The van der Waals surface area contributed by atoms with E-state index in [4.69, 9.17) is 21.4 Å². The lowest BCUT2D eigenvalue weighted by Crippen LogP contribution is -2.46. The van der Waals surface area contributed by atoms with E-state index in [2.05, 4.69) is 10.3 Å². The zero-order valence-electron chi connectivity index (χ0n) is 8.24. The second-order valence-corrected chi connectivity index (χ2v) is 3.89. The second kappa shape index (κ2) is 4.79. The number of rotatable bonds is 4. The van der Waals surface area contributed by atoms with Crippen LogP contribution in [0.2, 0.25) is 5.15 Å². The number of nitrogens with one attached hydrogen (secondary N) is 1. The van der Waals surface area contributed by atoms with Gasteiger partial charge >= 0.3 is 0 Å². The van der Waals surface area contributed by atoms with Crippen molar-refractivity contribution in [2.45, 2.75) is 19.1 Å². The van der Waals surface area contributed by atoms with Crippen LogP contribution in [0.4, 0.5) is 0 Å². The SMILES string of the molecule is OCc1cc(OC[C@@H]2CCN2)cnc1Cl. The third-order valence-corrected chi connectivity index (χ3v) is 2.77. The minimum atomic E-state index is -0.120. The smallest absolute Gasteiger partial charge is 0.138 e. The second-order valence-electron chi connectivity index (χ2n) is 3.53. The van der Waals surface area contributed by atoms with E-state index < -0.39 is 0 Å². The van der Waals surface area contributed by atoms with Gasteiger partial charge in [0.25, 0.3) is 0 Å². The molecule has 1 saturated heterocycles. The summed E-state index contributed by atoms with van der Waals surface area (Å²) in [7, 11) is 0. The summed E-state index contributed by atoms with van der Waals surface area (Å²) < 4.78 is 5.51. The van der Waals surface area contributed by atoms with Crippen LogP contribution in [0.25, 0.3) is 0 Å². The number of aliphatic hydroxyl groups is 1. The largest absolute Gasteiger partial charge is 0.490 e. The average Bonchev–Trinajstić information content (AvgIpc) is 2.18. The number of hydrogen-bond donors (Lipinski definition) is 2. The standard InChI is InChI=1S/C10H13ClN2O2/c11-10-7(5-14)3-9(4-13-10)15-6-8-1-2-12-8/h3-4,8,12,14H,1-2,5-6H2/t8-/m0/s1. The summed E-state index contributed by atoms with van der Waals surface area (Å²) in [6, 6.07) is 2.16. The van der Waals surface area contributed by atoms with Crippen molar-refractivity contribution in [3.8, 4) is 5.75 Å². The zero-order valence-corrected chi connectivity index (χ0v) is 9.00. The Morgan fingerprint density at radius 3 is 3.07 bits per heavy atom. The number of aliphatic hydroxyl groups excluding tert-OH is 1. The Kier molecular flexibility index (Phi) is 3.41. The van der Waals surface area contributed by atoms with Crippen molar-refractivity contribution in [2.24, 2.45) is 0 Å². The summed E-state index contributed by atoms with van der Waals surface area (Å²) in [4.78, 5) is 3.93. The minimum Gasteiger partial charge on any atom is -0.490 e. The predicted octanol–water partition coefficient (Wildman–Crippen LogP) is 0.968. The van der Waals surface area contributed by atoms with Crippen molar-refractivity contribution in [2.75, 3.05) is 13.2 Å². The summed E-state index contributed by atoms with van der Waals surface area (Å²) in [5.74, 6) is 0.650. The maximum atomic E-state index is 8.99. The van der Waals surface area contributed by atoms with Crippen molar-refractivity contribution < 1.29 is 9.84 Å². The van der Waals surface area contributed by atoms with Crippen molar-refractivity contribution in [3.63, 3.8) is 0 Å². The van der Waals surface area contributed by atoms with Gasteiger partial charge in [-0.1, -0.05) is 11.6 Å². The van der Waals surface area contributed by atoms with Crippen LogP contribution in [0, 0.1) is 0 Å². The predicted molar refractivity (Wildman–Crippen MR) is 57.1 cm³/mol. The molecule has 0 bridgehead atoms. The third kappa shape index (κ3) is 2.59. The zero-order chi connectivity index (χ0) is 10.7. The lowest BCUT2D eigenvalue weighted by atomic mass is 10.1. The van der Waals surface area contributed by atoms with E-state index in [1.165, 1.54) is 0 Å². The molecular formula is C10H13ClN2O2. The molecule has 0 aliphatic carbocycles. The molecule has 0 spiro atoms. The molecule has 1 aromatic heterocycles. The summed E-state index contributed by atoms with van der Waals surface area (Å²) in [5, 5.41) is 12.5. The van der Waals surface area contributed by atoms with Crippen molar-refractivity contribution in [1.82, 2.24) is 10.3 Å². The molecule has 5 heteroatoms. The van der Waals surface area contributed by atoms with Crippen LogP contribution >= 0.6 is 11.6 Å². The van der Waals surface area contributed by atoms with Crippen molar-refractivity contribution in [1.29, 1.82) is 0 Å². The molecular weight excluding hydrogens is 216 g/mol. The Labute approximate surface area is 93.2 Å². The van der Waals surface area contributed by atoms with Crippen LogP contribution in [0.3, 0.4) is 0 Å². The Morgan fingerprint density at radius 2 is 2.47 bits per heavy atom. The molecule has 1 aliphatic heterocycles. The maximum Gasteiger partial charge on any atom is 0.138 e. The van der Waals surface area contributed by atoms with Crippen LogP contribution in [0.1, 0.15) is 12.0 Å². The van der Waals surface area contributed by atoms with E-state index >= 15 is 0 Å². The molecule has 4 nitrogen and oxygen atoms in total. The van der Waals surface area contributed by atoms with Gasteiger partial charge in [0, 0.05) is 11.6 Å². The normalized spacial score (nSPS) is 19.7. The third-order valence-electron chi connectivity index (χ3n) is 2.43. The molecule has 1 atom stereocenters. The molecule has 0 unspecified atom stereocenters. The van der Waals surface area contributed by atoms with Crippen molar-refractivity contribution >= 4 is 11.6 Å². The molecule has 0 saturated carbocycles. The molecule has 2 rings (SSSR count). The monoisotopic (exact) mass is 228 g/mol. The molecule has 0 amide bonds. The molecule has 0 radical (unpaired) electrons. The first-order valence-electron chi connectivity index (χ1n) is 4.91. The van der Waals surface area contributed by atoms with E-state index in [1.807, 2.05) is 0 Å². The number of nitrogens with zero attached hydrogens (tertiary/aromatic N) is 1. The van der Waals surface area contributed by atoms with E-state index in [9.17, 15) is 0 Å². The van der Waals surface area contributed by atoms with Crippen LogP contribution in [0.5, 0.6) is 5.75 Å². The molecule has 0 aromatic carbocycles. The van der Waals surface area contributed by atoms with Gasteiger partial charge in [-0.15, -0.1) is 0 Å². The van der Waals surface area contributed by atoms with E-state index in [0.717, 1.165) is 13.0 Å². The quantitative estimate of drug-likeness (QED) is 0.754. The first-order valence-corrected chi connectivity index (χ1v) is 5.29. The number of aromatic nitrogens is 1. The summed E-state index contributed by atoms with van der Waals surface area (Å²) in [6.07, 6.45) is 2.72. The van der Waals surface area contributed by atoms with Crippen LogP contribution in [-0.4, -0.2) is 29.3 Å².